The van der Waals surface area contributed by atoms with E-state index < -0.39 is 18.2 Å². The molecule has 0 saturated carbocycles. The summed E-state index contributed by atoms with van der Waals surface area (Å²) in [5.74, 6) is -0.764. The van der Waals surface area contributed by atoms with Gasteiger partial charge in [-0.05, 0) is 57.4 Å². The molecule has 3 aliphatic heterocycles. The smallest absolute Gasteiger partial charge is 0.330 e. The van der Waals surface area contributed by atoms with Gasteiger partial charge in [0.15, 0.2) is 0 Å². The van der Waals surface area contributed by atoms with Crippen LogP contribution in [0.4, 0.5) is 0 Å². The summed E-state index contributed by atoms with van der Waals surface area (Å²) in [4.78, 5) is 36.7. The first-order valence-corrected chi connectivity index (χ1v) is 15.2. The Labute approximate surface area is 250 Å². The molecule has 0 radical (unpaired) electrons. The van der Waals surface area contributed by atoms with Crippen LogP contribution in [0.2, 0.25) is 0 Å². The maximum Gasteiger partial charge on any atom is 0.330 e. The third kappa shape index (κ3) is 11.7. The van der Waals surface area contributed by atoms with Gasteiger partial charge in [0.25, 0.3) is 0 Å². The lowest BCUT2D eigenvalue weighted by Crippen LogP contribution is -2.37. The van der Waals surface area contributed by atoms with Crippen LogP contribution in [-0.4, -0.2) is 62.6 Å². The molecule has 0 N–H and O–H groups in total. The lowest BCUT2D eigenvalue weighted by molar-refractivity contribution is -0.154. The molecule has 232 valence electrons. The van der Waals surface area contributed by atoms with Crippen molar-refractivity contribution in [2.45, 2.75) is 109 Å². The lowest BCUT2D eigenvalue weighted by Gasteiger charge is -2.37. The maximum atomic E-state index is 13.2. The Morgan fingerprint density at radius 1 is 0.905 bits per heavy atom. The van der Waals surface area contributed by atoms with Crippen LogP contribution in [0, 0.1) is 11.8 Å². The van der Waals surface area contributed by atoms with Gasteiger partial charge < -0.3 is 23.7 Å². The van der Waals surface area contributed by atoms with Gasteiger partial charge in [-0.2, -0.15) is 0 Å². The maximum absolute atomic E-state index is 13.2. The highest BCUT2D eigenvalue weighted by molar-refractivity contribution is 5.82. The van der Waals surface area contributed by atoms with Gasteiger partial charge in [-0.3, -0.25) is 9.59 Å². The van der Waals surface area contributed by atoms with E-state index >= 15 is 0 Å². The summed E-state index contributed by atoms with van der Waals surface area (Å²) < 4.78 is 28.5. The van der Waals surface area contributed by atoms with Crippen LogP contribution in [0.15, 0.2) is 59.8 Å². The molecule has 0 unspecified atom stereocenters. The standard InChI is InChI=1S/C34H48O8/c1-23(17-32(35)38-4)10-7-6-8-13-31-25(3)15-14-24(2)16-27-11-9-12-28(40-27)21-29-18-26(20-33(36)39-5)19-30(41-29)22-34(37)42-31/h6-8,10,13-15,20,24-25,27-31H,9,11-12,16-19,21-22H2,1-5H3/b7-6-,13-8+,15-14+,23-10+,26-20+/t24-,25-,27+,28-,29+,30-,31-/m1/s1. The van der Waals surface area contributed by atoms with Gasteiger partial charge in [-0.25, -0.2) is 4.79 Å². The third-order valence-electron chi connectivity index (χ3n) is 7.96. The minimum Gasteiger partial charge on any atom is -0.469 e. The van der Waals surface area contributed by atoms with Crippen molar-refractivity contribution < 1.29 is 38.1 Å². The van der Waals surface area contributed by atoms with Crippen LogP contribution in [0.5, 0.6) is 0 Å². The Morgan fingerprint density at radius 2 is 1.62 bits per heavy atom. The molecule has 8 nitrogen and oxygen atoms in total. The first kappa shape index (κ1) is 33.5. The average Bonchev–Trinajstić information content (AvgIpc) is 2.94. The number of hydrogen-bond donors (Lipinski definition) is 0. The molecule has 7 atom stereocenters. The predicted octanol–water partition coefficient (Wildman–Crippen LogP) is 6.12. The second-order valence-corrected chi connectivity index (χ2v) is 11.8. The highest BCUT2D eigenvalue weighted by Crippen LogP contribution is 2.33. The molecule has 0 spiro atoms. The number of esters is 3. The summed E-state index contributed by atoms with van der Waals surface area (Å²) in [6, 6.07) is 0. The van der Waals surface area contributed by atoms with Gasteiger partial charge >= 0.3 is 17.9 Å². The lowest BCUT2D eigenvalue weighted by atomic mass is 9.89. The number of allylic oxidation sites excluding steroid dienone is 5. The molecule has 42 heavy (non-hydrogen) atoms. The van der Waals surface area contributed by atoms with E-state index in [1.807, 2.05) is 44.2 Å². The first-order chi connectivity index (χ1) is 20.1. The molecule has 3 rings (SSSR count). The molecule has 0 amide bonds. The Bertz CT molecular complexity index is 1070. The molecule has 0 aromatic rings. The Morgan fingerprint density at radius 3 is 2.36 bits per heavy atom. The number of rotatable bonds is 6. The number of carbonyl (C=O) groups is 3. The number of fused-ring (bicyclic) bond motifs is 4. The number of carbonyl (C=O) groups excluding carboxylic acids is 3. The van der Waals surface area contributed by atoms with Gasteiger partial charge in [-0.15, -0.1) is 0 Å². The minimum absolute atomic E-state index is 0.0552. The van der Waals surface area contributed by atoms with Crippen molar-refractivity contribution in [2.75, 3.05) is 14.2 Å². The summed E-state index contributed by atoms with van der Waals surface area (Å²) in [6.45, 7) is 6.10. The van der Waals surface area contributed by atoms with Crippen LogP contribution in [0.3, 0.4) is 0 Å². The second kappa shape index (κ2) is 17.2. The molecule has 3 aliphatic rings. The third-order valence-corrected chi connectivity index (χ3v) is 7.96. The minimum atomic E-state index is -0.474. The Balaban J connectivity index is 1.80. The summed E-state index contributed by atoms with van der Waals surface area (Å²) in [7, 11) is 2.74. The fraction of sp³-hybridized carbons (Fsp3) is 0.618. The monoisotopic (exact) mass is 584 g/mol. The summed E-state index contributed by atoms with van der Waals surface area (Å²) in [5.41, 5.74) is 1.80. The molecule has 8 heteroatoms. The number of ether oxygens (including phenoxy) is 5. The molecule has 2 fully saturated rings. The molecule has 0 aromatic carbocycles. The molecule has 0 aliphatic carbocycles. The number of methoxy groups -OCH3 is 2. The first-order valence-electron chi connectivity index (χ1n) is 15.2. The molecule has 3 heterocycles. The normalized spacial score (nSPS) is 33.4. The van der Waals surface area contributed by atoms with Crippen LogP contribution in [-0.2, 0) is 38.1 Å². The second-order valence-electron chi connectivity index (χ2n) is 11.8. The van der Waals surface area contributed by atoms with Crippen LogP contribution in [0.1, 0.15) is 78.6 Å². The van der Waals surface area contributed by atoms with Crippen molar-refractivity contribution in [3.05, 3.63) is 59.8 Å². The molecular weight excluding hydrogens is 536 g/mol. The molecular formula is C34H48O8. The van der Waals surface area contributed by atoms with Crippen LogP contribution < -0.4 is 0 Å². The van der Waals surface area contributed by atoms with E-state index in [1.165, 1.54) is 20.3 Å². The van der Waals surface area contributed by atoms with E-state index in [0.29, 0.717) is 18.8 Å². The highest BCUT2D eigenvalue weighted by Gasteiger charge is 2.33. The van der Waals surface area contributed by atoms with Crippen LogP contribution in [0.25, 0.3) is 0 Å². The van der Waals surface area contributed by atoms with E-state index in [-0.39, 0.29) is 49.0 Å². The zero-order valence-corrected chi connectivity index (χ0v) is 25.8. The quantitative estimate of drug-likeness (QED) is 0.121. The topological polar surface area (TPSA) is 97.4 Å². The van der Waals surface area contributed by atoms with E-state index in [4.69, 9.17) is 23.7 Å². The predicted molar refractivity (Wildman–Crippen MR) is 160 cm³/mol. The number of cyclic esters (lactones) is 1. The van der Waals surface area contributed by atoms with E-state index in [0.717, 1.165) is 43.3 Å². The zero-order chi connectivity index (χ0) is 30.5. The van der Waals surface area contributed by atoms with Gasteiger partial charge in [0, 0.05) is 18.4 Å². The van der Waals surface area contributed by atoms with E-state index in [1.54, 1.807) is 0 Å². The SMILES string of the molecule is COC(=O)/C=C1/C[C@@H]2CC(=O)O[C@H](/C=C/C=C\C=C(/C)CC(=O)OC)[C@H](C)/C=C/[C@@H](C)C[C@@H]3CCC[C@H](C[C@H](C1)O2)O3. The Kier molecular flexibility index (Phi) is 13.7. The largest absolute Gasteiger partial charge is 0.469 e. The Hall–Kier alpha value is -2.97. The van der Waals surface area contributed by atoms with Crippen molar-refractivity contribution in [1.82, 2.24) is 0 Å². The zero-order valence-electron chi connectivity index (χ0n) is 25.8. The summed E-state index contributed by atoms with van der Waals surface area (Å²) in [5, 5.41) is 0. The summed E-state index contributed by atoms with van der Waals surface area (Å²) in [6.07, 6.45) is 20.7. The van der Waals surface area contributed by atoms with Gasteiger partial charge in [0.05, 0.1) is 51.5 Å². The molecule has 4 bridgehead atoms. The number of hydrogen-bond acceptors (Lipinski definition) is 8. The van der Waals surface area contributed by atoms with Gasteiger partial charge in [-0.1, -0.05) is 61.4 Å². The van der Waals surface area contributed by atoms with Crippen molar-refractivity contribution in [1.29, 1.82) is 0 Å². The van der Waals surface area contributed by atoms with E-state index in [9.17, 15) is 14.4 Å². The van der Waals surface area contributed by atoms with Gasteiger partial charge in [0.1, 0.15) is 6.10 Å². The van der Waals surface area contributed by atoms with Crippen molar-refractivity contribution >= 4 is 17.9 Å². The summed E-state index contributed by atoms with van der Waals surface area (Å²) >= 11 is 0. The van der Waals surface area contributed by atoms with Crippen molar-refractivity contribution in [2.24, 2.45) is 11.8 Å². The van der Waals surface area contributed by atoms with Crippen molar-refractivity contribution in [3.8, 4) is 0 Å². The average molecular weight is 585 g/mol. The van der Waals surface area contributed by atoms with Crippen LogP contribution >= 0.6 is 0 Å². The molecule has 0 aromatic heterocycles. The fourth-order valence-corrected chi connectivity index (χ4v) is 5.75. The molecule has 2 saturated heterocycles. The van der Waals surface area contributed by atoms with Crippen molar-refractivity contribution in [3.63, 3.8) is 0 Å². The van der Waals surface area contributed by atoms with Gasteiger partial charge in [0.2, 0.25) is 0 Å². The fourth-order valence-electron chi connectivity index (χ4n) is 5.75. The highest BCUT2D eigenvalue weighted by atomic mass is 16.6. The van der Waals surface area contributed by atoms with E-state index in [2.05, 4.69) is 19.1 Å².